The SMILES string of the molecule is C=CCC(O)CCCNC. The van der Waals surface area contributed by atoms with Crippen LogP contribution in [0.3, 0.4) is 0 Å². The third-order valence-electron chi connectivity index (χ3n) is 1.40. The molecule has 0 radical (unpaired) electrons. The molecular weight excluding hydrogens is 126 g/mol. The molecule has 1 atom stereocenters. The molecule has 10 heavy (non-hydrogen) atoms. The zero-order valence-electron chi connectivity index (χ0n) is 6.64. The number of aliphatic hydroxyl groups is 1. The Morgan fingerprint density at radius 2 is 2.40 bits per heavy atom. The van der Waals surface area contributed by atoms with Crippen molar-refractivity contribution in [2.45, 2.75) is 25.4 Å². The predicted molar refractivity (Wildman–Crippen MR) is 44.0 cm³/mol. The van der Waals surface area contributed by atoms with Gasteiger partial charge in [-0.25, -0.2) is 0 Å². The molecule has 1 unspecified atom stereocenters. The molecule has 0 fully saturated rings. The van der Waals surface area contributed by atoms with E-state index in [9.17, 15) is 5.11 Å². The molecule has 0 aromatic heterocycles. The van der Waals surface area contributed by atoms with Crippen molar-refractivity contribution in [2.24, 2.45) is 0 Å². The summed E-state index contributed by atoms with van der Waals surface area (Å²) in [5.41, 5.74) is 0. The van der Waals surface area contributed by atoms with Gasteiger partial charge in [-0.3, -0.25) is 0 Å². The molecular formula is C8H17NO. The van der Waals surface area contributed by atoms with Gasteiger partial charge in [0, 0.05) is 0 Å². The summed E-state index contributed by atoms with van der Waals surface area (Å²) in [6, 6.07) is 0. The van der Waals surface area contributed by atoms with Gasteiger partial charge in [-0.15, -0.1) is 6.58 Å². The highest BCUT2D eigenvalue weighted by Gasteiger charge is 1.98. The normalized spacial score (nSPS) is 13.0. The molecule has 0 bridgehead atoms. The lowest BCUT2D eigenvalue weighted by Crippen LogP contribution is -2.12. The molecule has 2 nitrogen and oxygen atoms in total. The van der Waals surface area contributed by atoms with Crippen LogP contribution >= 0.6 is 0 Å². The van der Waals surface area contributed by atoms with Crippen molar-refractivity contribution in [3.05, 3.63) is 12.7 Å². The summed E-state index contributed by atoms with van der Waals surface area (Å²) in [5, 5.41) is 12.2. The van der Waals surface area contributed by atoms with Crippen LogP contribution in [0, 0.1) is 0 Å². The Bertz CT molecular complexity index is 83.3. The zero-order valence-corrected chi connectivity index (χ0v) is 6.64. The third kappa shape index (κ3) is 5.79. The van der Waals surface area contributed by atoms with Crippen LogP contribution in [0.1, 0.15) is 19.3 Å². The Hall–Kier alpha value is -0.340. The second kappa shape index (κ2) is 6.78. The van der Waals surface area contributed by atoms with Crippen molar-refractivity contribution in [1.29, 1.82) is 0 Å². The molecule has 0 aliphatic rings. The van der Waals surface area contributed by atoms with E-state index in [0.717, 1.165) is 19.4 Å². The molecule has 60 valence electrons. The molecule has 0 spiro atoms. The second-order valence-corrected chi connectivity index (χ2v) is 2.42. The van der Waals surface area contributed by atoms with E-state index in [2.05, 4.69) is 11.9 Å². The number of rotatable bonds is 6. The average molecular weight is 143 g/mol. The van der Waals surface area contributed by atoms with Gasteiger partial charge in [0.25, 0.3) is 0 Å². The van der Waals surface area contributed by atoms with Crippen molar-refractivity contribution < 1.29 is 5.11 Å². The second-order valence-electron chi connectivity index (χ2n) is 2.42. The summed E-state index contributed by atoms with van der Waals surface area (Å²) >= 11 is 0. The summed E-state index contributed by atoms with van der Waals surface area (Å²) in [7, 11) is 1.92. The van der Waals surface area contributed by atoms with Crippen LogP contribution in [0.4, 0.5) is 0 Å². The molecule has 0 saturated carbocycles. The molecule has 0 aromatic rings. The molecule has 0 aliphatic carbocycles. The topological polar surface area (TPSA) is 32.3 Å². The van der Waals surface area contributed by atoms with Gasteiger partial charge in [0.1, 0.15) is 0 Å². The standard InChI is InChI=1S/C8H17NO/c1-3-5-8(10)6-4-7-9-2/h3,8-10H,1,4-7H2,2H3. The van der Waals surface area contributed by atoms with Crippen molar-refractivity contribution in [3.8, 4) is 0 Å². The van der Waals surface area contributed by atoms with E-state index in [1.807, 2.05) is 7.05 Å². The first kappa shape index (κ1) is 9.66. The highest BCUT2D eigenvalue weighted by Crippen LogP contribution is 2.00. The lowest BCUT2D eigenvalue weighted by molar-refractivity contribution is 0.165. The van der Waals surface area contributed by atoms with Gasteiger partial charge < -0.3 is 10.4 Å². The molecule has 0 saturated heterocycles. The molecule has 0 rings (SSSR count). The van der Waals surface area contributed by atoms with Crippen molar-refractivity contribution in [1.82, 2.24) is 5.32 Å². The third-order valence-corrected chi connectivity index (χ3v) is 1.40. The minimum absolute atomic E-state index is 0.189. The predicted octanol–water partition coefficient (Wildman–Crippen LogP) is 0.923. The fourth-order valence-electron chi connectivity index (χ4n) is 0.825. The largest absolute Gasteiger partial charge is 0.393 e. The smallest absolute Gasteiger partial charge is 0.0575 e. The fourth-order valence-corrected chi connectivity index (χ4v) is 0.825. The highest BCUT2D eigenvalue weighted by molar-refractivity contribution is 4.72. The summed E-state index contributed by atoms with van der Waals surface area (Å²) in [6.07, 6.45) is 4.18. The molecule has 0 heterocycles. The first-order valence-electron chi connectivity index (χ1n) is 3.74. The van der Waals surface area contributed by atoms with Crippen LogP contribution in [-0.2, 0) is 0 Å². The van der Waals surface area contributed by atoms with Crippen LogP contribution in [0.5, 0.6) is 0 Å². The first-order chi connectivity index (χ1) is 4.81. The van der Waals surface area contributed by atoms with E-state index in [1.165, 1.54) is 0 Å². The molecule has 0 aliphatic heterocycles. The Morgan fingerprint density at radius 1 is 1.70 bits per heavy atom. The maximum atomic E-state index is 9.18. The van der Waals surface area contributed by atoms with E-state index in [4.69, 9.17) is 0 Å². The van der Waals surface area contributed by atoms with Gasteiger partial charge in [-0.05, 0) is 32.9 Å². The summed E-state index contributed by atoms with van der Waals surface area (Å²) in [6.45, 7) is 4.53. The van der Waals surface area contributed by atoms with E-state index in [1.54, 1.807) is 6.08 Å². The Labute approximate surface area is 62.9 Å². The fraction of sp³-hybridized carbons (Fsp3) is 0.750. The maximum Gasteiger partial charge on any atom is 0.0575 e. The van der Waals surface area contributed by atoms with Gasteiger partial charge in [0.15, 0.2) is 0 Å². The Morgan fingerprint density at radius 3 is 2.90 bits per heavy atom. The number of hydrogen-bond donors (Lipinski definition) is 2. The average Bonchev–Trinajstić information content (AvgIpc) is 1.89. The Balaban J connectivity index is 3.04. The number of aliphatic hydroxyl groups excluding tert-OH is 1. The highest BCUT2D eigenvalue weighted by atomic mass is 16.3. The van der Waals surface area contributed by atoms with Crippen LogP contribution in [-0.4, -0.2) is 24.8 Å². The monoisotopic (exact) mass is 143 g/mol. The van der Waals surface area contributed by atoms with Crippen molar-refractivity contribution >= 4 is 0 Å². The van der Waals surface area contributed by atoms with E-state index >= 15 is 0 Å². The minimum Gasteiger partial charge on any atom is -0.393 e. The molecule has 2 heteroatoms. The molecule has 2 N–H and O–H groups in total. The van der Waals surface area contributed by atoms with E-state index in [0.29, 0.717) is 6.42 Å². The minimum atomic E-state index is -0.189. The van der Waals surface area contributed by atoms with E-state index in [-0.39, 0.29) is 6.10 Å². The quantitative estimate of drug-likeness (QED) is 0.428. The summed E-state index contributed by atoms with van der Waals surface area (Å²) in [4.78, 5) is 0. The number of hydrogen-bond acceptors (Lipinski definition) is 2. The Kier molecular flexibility index (Phi) is 6.55. The van der Waals surface area contributed by atoms with Gasteiger partial charge in [0.2, 0.25) is 0 Å². The molecule has 0 aromatic carbocycles. The summed E-state index contributed by atoms with van der Waals surface area (Å²) in [5.74, 6) is 0. The van der Waals surface area contributed by atoms with Gasteiger partial charge in [0.05, 0.1) is 6.10 Å². The van der Waals surface area contributed by atoms with Gasteiger partial charge in [-0.1, -0.05) is 6.08 Å². The zero-order chi connectivity index (χ0) is 7.82. The van der Waals surface area contributed by atoms with Crippen LogP contribution < -0.4 is 5.32 Å². The van der Waals surface area contributed by atoms with Crippen LogP contribution in [0.2, 0.25) is 0 Å². The lowest BCUT2D eigenvalue weighted by Gasteiger charge is -2.05. The van der Waals surface area contributed by atoms with Gasteiger partial charge >= 0.3 is 0 Å². The van der Waals surface area contributed by atoms with E-state index < -0.39 is 0 Å². The first-order valence-corrected chi connectivity index (χ1v) is 3.74. The van der Waals surface area contributed by atoms with Crippen LogP contribution in [0.15, 0.2) is 12.7 Å². The molecule has 0 amide bonds. The van der Waals surface area contributed by atoms with Gasteiger partial charge in [-0.2, -0.15) is 0 Å². The maximum absolute atomic E-state index is 9.18. The van der Waals surface area contributed by atoms with Crippen molar-refractivity contribution in [3.63, 3.8) is 0 Å². The lowest BCUT2D eigenvalue weighted by atomic mass is 10.1. The van der Waals surface area contributed by atoms with Crippen molar-refractivity contribution in [2.75, 3.05) is 13.6 Å². The van der Waals surface area contributed by atoms with Crippen LogP contribution in [0.25, 0.3) is 0 Å². The number of nitrogens with one attached hydrogen (secondary N) is 1. The summed E-state index contributed by atoms with van der Waals surface area (Å²) < 4.78 is 0.